The topological polar surface area (TPSA) is 125 Å². The molecule has 1 heterocycles. The van der Waals surface area contributed by atoms with E-state index in [2.05, 4.69) is 5.32 Å². The first kappa shape index (κ1) is 21.8. The van der Waals surface area contributed by atoms with Gasteiger partial charge in [0.15, 0.2) is 0 Å². The zero-order chi connectivity index (χ0) is 21.7. The molecule has 1 aliphatic heterocycles. The van der Waals surface area contributed by atoms with E-state index in [1.165, 1.54) is 32.2 Å². The minimum Gasteiger partial charge on any atom is -0.466 e. The minimum atomic E-state index is -0.923. The van der Waals surface area contributed by atoms with Crippen LogP contribution in [0.1, 0.15) is 38.7 Å². The molecule has 0 aromatic heterocycles. The molecule has 2 rings (SSSR count). The number of hydrogen-bond acceptors (Lipinski definition) is 8. The van der Waals surface area contributed by atoms with Crippen LogP contribution in [-0.2, 0) is 23.9 Å². The molecule has 0 bridgehead atoms. The van der Waals surface area contributed by atoms with Gasteiger partial charge in [-0.2, -0.15) is 0 Å². The molecule has 0 saturated carbocycles. The van der Waals surface area contributed by atoms with E-state index in [0.29, 0.717) is 17.0 Å². The number of dihydropyridines is 1. The molecule has 1 unspecified atom stereocenters. The monoisotopic (exact) mass is 402 g/mol. The number of carbonyl (C=O) groups is 3. The number of nitrogens with zero attached hydrogens (tertiary/aromatic N) is 1. The second-order valence-corrected chi connectivity index (χ2v) is 6.57. The Morgan fingerprint density at radius 2 is 1.76 bits per heavy atom. The van der Waals surface area contributed by atoms with Crippen molar-refractivity contribution in [3.05, 3.63) is 62.5 Å². The van der Waals surface area contributed by atoms with Crippen LogP contribution in [0.5, 0.6) is 0 Å². The van der Waals surface area contributed by atoms with Crippen molar-refractivity contribution in [3.8, 4) is 0 Å². The van der Waals surface area contributed by atoms with Crippen LogP contribution in [0.4, 0.5) is 5.69 Å². The molecule has 9 nitrogen and oxygen atoms in total. The number of rotatable bonds is 7. The third-order valence-corrected chi connectivity index (χ3v) is 4.49. The molecular formula is C20H22N2O7. The van der Waals surface area contributed by atoms with Gasteiger partial charge in [0.1, 0.15) is 5.78 Å². The summed E-state index contributed by atoms with van der Waals surface area (Å²) in [5, 5.41) is 14.2. The van der Waals surface area contributed by atoms with Crippen molar-refractivity contribution in [2.75, 3.05) is 13.7 Å². The number of Topliss-reactive ketones (excluding diaryl/α,β-unsaturated/α-hetero) is 1. The predicted molar refractivity (Wildman–Crippen MR) is 103 cm³/mol. The first-order valence-electron chi connectivity index (χ1n) is 8.85. The van der Waals surface area contributed by atoms with Crippen molar-refractivity contribution in [3.63, 3.8) is 0 Å². The zero-order valence-electron chi connectivity index (χ0n) is 16.6. The van der Waals surface area contributed by atoms with Gasteiger partial charge in [-0.25, -0.2) is 9.59 Å². The first-order chi connectivity index (χ1) is 13.7. The summed E-state index contributed by atoms with van der Waals surface area (Å²) in [5.74, 6) is -2.45. The number of nitro benzene ring substituents is 1. The second kappa shape index (κ2) is 9.13. The molecule has 29 heavy (non-hydrogen) atoms. The lowest BCUT2D eigenvalue weighted by molar-refractivity contribution is -0.384. The second-order valence-electron chi connectivity index (χ2n) is 6.57. The lowest BCUT2D eigenvalue weighted by atomic mass is 9.80. The van der Waals surface area contributed by atoms with Gasteiger partial charge in [0.2, 0.25) is 0 Å². The summed E-state index contributed by atoms with van der Waals surface area (Å²) in [6.07, 6.45) is 0.0612. The number of nitrogens with one attached hydrogen (secondary N) is 1. The van der Waals surface area contributed by atoms with Gasteiger partial charge in [0.25, 0.3) is 5.69 Å². The number of allylic oxidation sites excluding steroid dienone is 2. The van der Waals surface area contributed by atoms with Crippen LogP contribution in [0.25, 0.3) is 0 Å². The lowest BCUT2D eigenvalue weighted by Crippen LogP contribution is -2.32. The number of nitro groups is 1. The summed E-state index contributed by atoms with van der Waals surface area (Å²) in [6.45, 7) is 4.57. The highest BCUT2D eigenvalue weighted by Crippen LogP contribution is 2.40. The number of ketones is 1. The van der Waals surface area contributed by atoms with Crippen LogP contribution in [-0.4, -0.2) is 36.4 Å². The molecule has 9 heteroatoms. The number of carbonyl (C=O) groups excluding carboxylic acids is 3. The van der Waals surface area contributed by atoms with Gasteiger partial charge in [-0.1, -0.05) is 12.1 Å². The highest BCUT2D eigenvalue weighted by molar-refractivity contribution is 6.00. The normalized spacial score (nSPS) is 16.2. The van der Waals surface area contributed by atoms with Crippen molar-refractivity contribution in [2.45, 2.75) is 33.1 Å². The molecule has 1 aliphatic rings. The van der Waals surface area contributed by atoms with Gasteiger partial charge in [0, 0.05) is 29.9 Å². The maximum Gasteiger partial charge on any atom is 0.336 e. The molecule has 1 aromatic rings. The average molecular weight is 402 g/mol. The van der Waals surface area contributed by atoms with Gasteiger partial charge in [-0.15, -0.1) is 0 Å². The van der Waals surface area contributed by atoms with Gasteiger partial charge in [-0.3, -0.25) is 14.9 Å². The van der Waals surface area contributed by atoms with E-state index in [0.717, 1.165) is 0 Å². The fourth-order valence-electron chi connectivity index (χ4n) is 3.16. The molecule has 0 fully saturated rings. The molecule has 1 atom stereocenters. The van der Waals surface area contributed by atoms with E-state index in [-0.39, 0.29) is 35.6 Å². The highest BCUT2D eigenvalue weighted by Gasteiger charge is 2.38. The number of ether oxygens (including phenoxy) is 2. The summed E-state index contributed by atoms with van der Waals surface area (Å²) >= 11 is 0. The van der Waals surface area contributed by atoms with Crippen molar-refractivity contribution in [2.24, 2.45) is 0 Å². The Hall–Kier alpha value is -3.49. The Morgan fingerprint density at radius 1 is 1.14 bits per heavy atom. The molecule has 1 N–H and O–H groups in total. The van der Waals surface area contributed by atoms with E-state index in [1.54, 1.807) is 19.9 Å². The molecule has 0 spiro atoms. The van der Waals surface area contributed by atoms with E-state index in [9.17, 15) is 24.5 Å². The van der Waals surface area contributed by atoms with Gasteiger partial charge < -0.3 is 14.8 Å². The number of esters is 2. The quantitative estimate of drug-likeness (QED) is 0.419. The molecule has 154 valence electrons. The van der Waals surface area contributed by atoms with E-state index in [4.69, 9.17) is 9.47 Å². The summed E-state index contributed by atoms with van der Waals surface area (Å²) in [5.41, 5.74) is 1.38. The zero-order valence-corrected chi connectivity index (χ0v) is 16.6. The molecule has 0 aliphatic carbocycles. The smallest absolute Gasteiger partial charge is 0.336 e. The van der Waals surface area contributed by atoms with Crippen molar-refractivity contribution in [1.29, 1.82) is 0 Å². The molecule has 0 saturated heterocycles. The van der Waals surface area contributed by atoms with Gasteiger partial charge in [-0.05, 0) is 26.3 Å². The number of methoxy groups -OCH3 is 1. The molecule has 0 radical (unpaired) electrons. The largest absolute Gasteiger partial charge is 0.466 e. The Balaban J connectivity index is 2.57. The van der Waals surface area contributed by atoms with Crippen molar-refractivity contribution >= 4 is 23.4 Å². The van der Waals surface area contributed by atoms with E-state index in [1.807, 2.05) is 0 Å². The SMILES string of the molecule is COC(=O)C1=C(C)NC(C)=C(C(=O)OCCC(C)=O)C1c1cccc([N+](=O)[O-])c1. The van der Waals surface area contributed by atoms with Crippen LogP contribution in [0.3, 0.4) is 0 Å². The Labute approximate surface area is 167 Å². The average Bonchev–Trinajstić information content (AvgIpc) is 2.66. The van der Waals surface area contributed by atoms with Crippen LogP contribution >= 0.6 is 0 Å². The number of benzene rings is 1. The highest BCUT2D eigenvalue weighted by atomic mass is 16.6. The number of hydrogen-bond donors (Lipinski definition) is 1. The first-order valence-corrected chi connectivity index (χ1v) is 8.85. The van der Waals surface area contributed by atoms with Crippen molar-refractivity contribution in [1.82, 2.24) is 5.32 Å². The van der Waals surface area contributed by atoms with Gasteiger partial charge in [0.05, 0.1) is 35.7 Å². The summed E-state index contributed by atoms with van der Waals surface area (Å²) in [6, 6.07) is 5.70. The summed E-state index contributed by atoms with van der Waals surface area (Å²) in [7, 11) is 1.21. The van der Waals surface area contributed by atoms with Crippen LogP contribution in [0.15, 0.2) is 46.8 Å². The fourth-order valence-corrected chi connectivity index (χ4v) is 3.16. The number of non-ortho nitro benzene ring substituents is 1. The molecular weight excluding hydrogens is 380 g/mol. The predicted octanol–water partition coefficient (Wildman–Crippen LogP) is 2.52. The summed E-state index contributed by atoms with van der Waals surface area (Å²) < 4.78 is 10.1. The maximum absolute atomic E-state index is 12.8. The molecule has 1 aromatic carbocycles. The van der Waals surface area contributed by atoms with Crippen LogP contribution in [0.2, 0.25) is 0 Å². The summed E-state index contributed by atoms with van der Waals surface area (Å²) in [4.78, 5) is 47.1. The molecule has 0 amide bonds. The fraction of sp³-hybridized carbons (Fsp3) is 0.350. The van der Waals surface area contributed by atoms with E-state index >= 15 is 0 Å². The van der Waals surface area contributed by atoms with Crippen molar-refractivity contribution < 1.29 is 28.8 Å². The minimum absolute atomic E-state index is 0.0612. The van der Waals surface area contributed by atoms with E-state index < -0.39 is 22.8 Å². The Bertz CT molecular complexity index is 931. The maximum atomic E-state index is 12.8. The standard InChI is InChI=1S/C20H22N2O7/c1-11(23)8-9-29-20(25)17-13(3)21-12(2)16(19(24)28-4)18(17)14-6-5-7-15(10-14)22(26)27/h5-7,10,18,21H,8-9H2,1-4H3. The Morgan fingerprint density at radius 3 is 2.31 bits per heavy atom. The van der Waals surface area contributed by atoms with Crippen LogP contribution in [0, 0.1) is 10.1 Å². The lowest BCUT2D eigenvalue weighted by Gasteiger charge is -2.30. The Kier molecular flexibility index (Phi) is 6.87. The van der Waals surface area contributed by atoms with Crippen LogP contribution < -0.4 is 5.32 Å². The third kappa shape index (κ3) is 4.87. The third-order valence-electron chi connectivity index (χ3n) is 4.49. The van der Waals surface area contributed by atoms with Gasteiger partial charge >= 0.3 is 11.9 Å².